The molecule has 7 heteroatoms. The van der Waals surface area contributed by atoms with Gasteiger partial charge in [0, 0.05) is 42.9 Å². The van der Waals surface area contributed by atoms with Crippen molar-refractivity contribution in [3.8, 4) is 0 Å². The minimum atomic E-state index is 0.0385. The molecule has 1 aliphatic carbocycles. The Morgan fingerprint density at radius 3 is 2.80 bits per heavy atom. The third kappa shape index (κ3) is 4.35. The molecule has 1 saturated carbocycles. The van der Waals surface area contributed by atoms with Gasteiger partial charge >= 0.3 is 0 Å². The molecule has 1 aliphatic rings. The number of aryl methyl sites for hydroxylation is 2. The molecule has 2 aromatic heterocycles. The second kappa shape index (κ2) is 7.63. The molecular weight excluding hydrogens is 316 g/mol. The molecule has 0 spiro atoms. The minimum absolute atomic E-state index is 0.0385. The Hall–Kier alpha value is -2.44. The van der Waals surface area contributed by atoms with Crippen molar-refractivity contribution in [3.05, 3.63) is 35.0 Å². The summed E-state index contributed by atoms with van der Waals surface area (Å²) in [5, 5.41) is 13.6. The number of carbonyl (C=O) groups is 1. The summed E-state index contributed by atoms with van der Waals surface area (Å²) in [5.41, 5.74) is 4.60. The maximum Gasteiger partial charge on any atom is 0.217 e. The highest BCUT2D eigenvalue weighted by Gasteiger charge is 2.31. The van der Waals surface area contributed by atoms with Crippen molar-refractivity contribution in [2.45, 2.75) is 58.4 Å². The lowest BCUT2D eigenvalue weighted by molar-refractivity contribution is -0.120. The molecule has 0 radical (unpaired) electrons. The number of hydrogen-bond acceptors (Lipinski definition) is 5. The lowest BCUT2D eigenvalue weighted by Gasteiger charge is -2.35. The Morgan fingerprint density at radius 1 is 1.32 bits per heavy atom. The van der Waals surface area contributed by atoms with Crippen LogP contribution >= 0.6 is 0 Å². The van der Waals surface area contributed by atoms with Gasteiger partial charge in [-0.2, -0.15) is 5.10 Å². The zero-order chi connectivity index (χ0) is 17.8. The van der Waals surface area contributed by atoms with Gasteiger partial charge in [-0.05, 0) is 45.1 Å². The number of rotatable bonds is 7. The summed E-state index contributed by atoms with van der Waals surface area (Å²) in [6.07, 6.45) is 5.55. The van der Waals surface area contributed by atoms with Crippen LogP contribution in [0.15, 0.2) is 12.4 Å². The number of aromatic amines is 1. The third-order valence-corrected chi connectivity index (χ3v) is 4.84. The van der Waals surface area contributed by atoms with Crippen LogP contribution in [0.2, 0.25) is 0 Å². The fourth-order valence-electron chi connectivity index (χ4n) is 3.38. The molecule has 2 heterocycles. The first-order valence-electron chi connectivity index (χ1n) is 8.86. The quantitative estimate of drug-likeness (QED) is 0.671. The van der Waals surface area contributed by atoms with Crippen LogP contribution in [0.3, 0.4) is 0 Å². The van der Waals surface area contributed by atoms with Crippen LogP contribution in [0, 0.1) is 13.8 Å². The Bertz CT molecular complexity index is 715. The fraction of sp³-hybridized carbons (Fsp3) is 0.556. The van der Waals surface area contributed by atoms with E-state index in [0.29, 0.717) is 5.92 Å². The second-order valence-corrected chi connectivity index (χ2v) is 6.84. The molecule has 3 rings (SSSR count). The van der Waals surface area contributed by atoms with E-state index >= 15 is 0 Å². The van der Waals surface area contributed by atoms with Crippen molar-refractivity contribution in [3.63, 3.8) is 0 Å². The summed E-state index contributed by atoms with van der Waals surface area (Å²) < 4.78 is 0. The van der Waals surface area contributed by atoms with E-state index in [2.05, 4.69) is 37.7 Å². The first kappa shape index (κ1) is 17.4. The molecule has 134 valence electrons. The molecule has 0 atom stereocenters. The zero-order valence-electron chi connectivity index (χ0n) is 15.1. The van der Waals surface area contributed by atoms with Crippen LogP contribution < -0.4 is 10.6 Å². The summed E-state index contributed by atoms with van der Waals surface area (Å²) in [4.78, 5) is 19.8. The van der Waals surface area contributed by atoms with E-state index < -0.39 is 0 Å². The maximum absolute atomic E-state index is 11.1. The van der Waals surface area contributed by atoms with Gasteiger partial charge in [0.1, 0.15) is 12.1 Å². The molecule has 1 fully saturated rings. The van der Waals surface area contributed by atoms with Gasteiger partial charge in [0.2, 0.25) is 5.91 Å². The lowest BCUT2D eigenvalue weighted by atomic mass is 9.78. The third-order valence-electron chi connectivity index (χ3n) is 4.84. The van der Waals surface area contributed by atoms with E-state index in [1.807, 2.05) is 13.0 Å². The predicted octanol–water partition coefficient (Wildman–Crippen LogP) is 2.24. The van der Waals surface area contributed by atoms with Crippen LogP contribution in [0.5, 0.6) is 0 Å². The molecule has 0 unspecified atom stereocenters. The highest BCUT2D eigenvalue weighted by Crippen LogP contribution is 2.36. The normalized spacial score (nSPS) is 19.3. The van der Waals surface area contributed by atoms with Crippen molar-refractivity contribution in [2.24, 2.45) is 0 Å². The molecule has 25 heavy (non-hydrogen) atoms. The standard InChI is InChI=1S/C18H26N6O/c1-11-16(12(2)24-23-11)5-4-6-19-18-9-17(20-10-21-18)14-7-15(8-14)22-13(3)25/h9-10,14-15H,4-8H2,1-3H3,(H,22,25)(H,23,24)(H,19,20,21). The summed E-state index contributed by atoms with van der Waals surface area (Å²) in [5.74, 6) is 1.32. The van der Waals surface area contributed by atoms with Crippen LogP contribution in [0.1, 0.15) is 54.7 Å². The number of carbonyl (C=O) groups excluding carboxylic acids is 1. The van der Waals surface area contributed by atoms with E-state index in [4.69, 9.17) is 0 Å². The van der Waals surface area contributed by atoms with Crippen LogP contribution in [0.25, 0.3) is 0 Å². The van der Waals surface area contributed by atoms with Gasteiger partial charge in [-0.15, -0.1) is 0 Å². The van der Waals surface area contributed by atoms with Crippen LogP contribution in [-0.4, -0.2) is 38.7 Å². The van der Waals surface area contributed by atoms with Gasteiger partial charge in [0.05, 0.1) is 5.69 Å². The van der Waals surface area contributed by atoms with Crippen molar-refractivity contribution >= 4 is 11.7 Å². The first-order valence-corrected chi connectivity index (χ1v) is 8.86. The van der Waals surface area contributed by atoms with Crippen LogP contribution in [0.4, 0.5) is 5.82 Å². The van der Waals surface area contributed by atoms with Gasteiger partial charge in [-0.25, -0.2) is 9.97 Å². The van der Waals surface area contributed by atoms with E-state index in [9.17, 15) is 4.79 Å². The van der Waals surface area contributed by atoms with Gasteiger partial charge in [-0.3, -0.25) is 9.89 Å². The molecule has 1 amide bonds. The summed E-state index contributed by atoms with van der Waals surface area (Å²) in [6, 6.07) is 2.32. The van der Waals surface area contributed by atoms with Crippen molar-refractivity contribution in [1.29, 1.82) is 0 Å². The first-order chi connectivity index (χ1) is 12.0. The Morgan fingerprint density at radius 2 is 2.12 bits per heavy atom. The second-order valence-electron chi connectivity index (χ2n) is 6.84. The van der Waals surface area contributed by atoms with Crippen molar-refractivity contribution in [2.75, 3.05) is 11.9 Å². The lowest BCUT2D eigenvalue weighted by Crippen LogP contribution is -2.42. The number of anilines is 1. The van der Waals surface area contributed by atoms with Gasteiger partial charge in [0.15, 0.2) is 0 Å². The minimum Gasteiger partial charge on any atom is -0.370 e. The average molecular weight is 342 g/mol. The smallest absolute Gasteiger partial charge is 0.217 e. The molecule has 2 aromatic rings. The van der Waals surface area contributed by atoms with Crippen LogP contribution in [-0.2, 0) is 11.2 Å². The largest absolute Gasteiger partial charge is 0.370 e. The average Bonchev–Trinajstić information content (AvgIpc) is 2.86. The highest BCUT2D eigenvalue weighted by molar-refractivity contribution is 5.73. The Kier molecular flexibility index (Phi) is 5.31. The van der Waals surface area contributed by atoms with Gasteiger partial charge in [-0.1, -0.05) is 0 Å². The summed E-state index contributed by atoms with van der Waals surface area (Å²) in [7, 11) is 0. The molecular formula is C18H26N6O. The van der Waals surface area contributed by atoms with E-state index in [0.717, 1.165) is 55.1 Å². The SMILES string of the molecule is CC(=O)NC1CC(c2cc(NCCCc3c(C)n[nH]c3C)ncn2)C1. The molecule has 0 aromatic carbocycles. The number of nitrogens with one attached hydrogen (secondary N) is 3. The monoisotopic (exact) mass is 342 g/mol. The Labute approximate surface area is 148 Å². The maximum atomic E-state index is 11.1. The number of H-pyrrole nitrogens is 1. The summed E-state index contributed by atoms with van der Waals surface area (Å²) >= 11 is 0. The zero-order valence-corrected chi connectivity index (χ0v) is 15.1. The molecule has 0 saturated heterocycles. The van der Waals surface area contributed by atoms with Crippen molar-refractivity contribution < 1.29 is 4.79 Å². The van der Waals surface area contributed by atoms with Gasteiger partial charge in [0.25, 0.3) is 0 Å². The molecule has 0 bridgehead atoms. The number of nitrogens with zero attached hydrogens (tertiary/aromatic N) is 3. The topological polar surface area (TPSA) is 95.6 Å². The predicted molar refractivity (Wildman–Crippen MR) is 96.5 cm³/mol. The van der Waals surface area contributed by atoms with E-state index in [-0.39, 0.29) is 11.9 Å². The van der Waals surface area contributed by atoms with Crippen molar-refractivity contribution in [1.82, 2.24) is 25.5 Å². The number of amides is 1. The van der Waals surface area contributed by atoms with E-state index in [1.165, 1.54) is 5.56 Å². The van der Waals surface area contributed by atoms with E-state index in [1.54, 1.807) is 13.3 Å². The Balaban J connectivity index is 1.45. The molecule has 7 nitrogen and oxygen atoms in total. The van der Waals surface area contributed by atoms with Gasteiger partial charge < -0.3 is 10.6 Å². The fourth-order valence-corrected chi connectivity index (χ4v) is 3.38. The molecule has 3 N–H and O–H groups in total. The highest BCUT2D eigenvalue weighted by atomic mass is 16.1. The number of hydrogen-bond donors (Lipinski definition) is 3. The number of aromatic nitrogens is 4. The summed E-state index contributed by atoms with van der Waals surface area (Å²) in [6.45, 7) is 6.52. The molecule has 0 aliphatic heterocycles.